The third-order valence-electron chi connectivity index (χ3n) is 2.81. The molecule has 0 aliphatic heterocycles. The fraction of sp³-hybridized carbons (Fsp3) is 0.286. The van der Waals surface area contributed by atoms with Crippen LogP contribution in [-0.4, -0.2) is 19.3 Å². The summed E-state index contributed by atoms with van der Waals surface area (Å²) in [5.41, 5.74) is 6.95. The molecule has 2 nitrogen and oxygen atoms in total. The molecule has 1 aromatic rings. The summed E-state index contributed by atoms with van der Waals surface area (Å²) in [5.74, 6) is 0.328. The van der Waals surface area contributed by atoms with Gasteiger partial charge in [0, 0.05) is 13.0 Å². The summed E-state index contributed by atoms with van der Waals surface area (Å²) < 4.78 is 5.10. The molecular formula is C14H17NO. The van der Waals surface area contributed by atoms with E-state index in [1.165, 1.54) is 5.56 Å². The van der Waals surface area contributed by atoms with E-state index in [1.807, 2.05) is 18.2 Å². The summed E-state index contributed by atoms with van der Waals surface area (Å²) in [6.07, 6.45) is 8.31. The van der Waals surface area contributed by atoms with E-state index >= 15 is 0 Å². The molecule has 1 aliphatic rings. The van der Waals surface area contributed by atoms with E-state index in [0.717, 1.165) is 0 Å². The molecule has 0 unspecified atom stereocenters. The van der Waals surface area contributed by atoms with Crippen LogP contribution in [0.5, 0.6) is 0 Å². The molecule has 0 fully saturated rings. The molecule has 1 aromatic carbocycles. The maximum absolute atomic E-state index is 6.11. The lowest BCUT2D eigenvalue weighted by Crippen LogP contribution is -2.41. The second-order valence-corrected chi connectivity index (χ2v) is 4.20. The van der Waals surface area contributed by atoms with E-state index in [-0.39, 0.29) is 0 Å². The number of benzene rings is 1. The first-order valence-electron chi connectivity index (χ1n) is 5.45. The summed E-state index contributed by atoms with van der Waals surface area (Å²) in [7, 11) is 1.67. The predicted molar refractivity (Wildman–Crippen MR) is 66.3 cm³/mol. The molecule has 1 aliphatic carbocycles. The van der Waals surface area contributed by atoms with Crippen LogP contribution in [0.2, 0.25) is 0 Å². The summed E-state index contributed by atoms with van der Waals surface area (Å²) in [6, 6.07) is 10.4. The molecule has 2 N–H and O–H groups in total. The van der Waals surface area contributed by atoms with Gasteiger partial charge in [0.2, 0.25) is 0 Å². The van der Waals surface area contributed by atoms with Gasteiger partial charge in [-0.3, -0.25) is 0 Å². The molecule has 0 bridgehead atoms. The average molecular weight is 215 g/mol. The zero-order chi connectivity index (χ0) is 11.4. The van der Waals surface area contributed by atoms with Crippen molar-refractivity contribution in [3.63, 3.8) is 0 Å². The lowest BCUT2D eigenvalue weighted by Gasteiger charge is -2.26. The van der Waals surface area contributed by atoms with Crippen molar-refractivity contribution in [2.75, 3.05) is 13.7 Å². The first-order chi connectivity index (χ1) is 7.73. The Morgan fingerprint density at radius 3 is 2.38 bits per heavy atom. The van der Waals surface area contributed by atoms with Gasteiger partial charge in [-0.05, 0) is 5.56 Å². The number of hydrogen-bond acceptors (Lipinski definition) is 2. The van der Waals surface area contributed by atoms with Crippen LogP contribution in [0.1, 0.15) is 11.5 Å². The summed E-state index contributed by atoms with van der Waals surface area (Å²) >= 11 is 0. The summed E-state index contributed by atoms with van der Waals surface area (Å²) in [6.45, 7) is 0.515. The van der Waals surface area contributed by atoms with E-state index in [9.17, 15) is 0 Å². The largest absolute Gasteiger partial charge is 0.382 e. The summed E-state index contributed by atoms with van der Waals surface area (Å²) in [5, 5.41) is 0. The number of methoxy groups -OCH3 is 1. The standard InChI is InChI=1S/C14H17NO/c1-16-11-14(15)9-7-13(8-10-14)12-5-3-2-4-6-12/h2-10,13H,11,15H2,1H3. The van der Waals surface area contributed by atoms with Crippen molar-refractivity contribution in [3.8, 4) is 0 Å². The highest BCUT2D eigenvalue weighted by atomic mass is 16.5. The fourth-order valence-corrected chi connectivity index (χ4v) is 1.93. The molecule has 0 saturated carbocycles. The molecule has 16 heavy (non-hydrogen) atoms. The minimum absolute atomic E-state index is 0.328. The smallest absolute Gasteiger partial charge is 0.0763 e. The van der Waals surface area contributed by atoms with Gasteiger partial charge >= 0.3 is 0 Å². The van der Waals surface area contributed by atoms with Crippen LogP contribution >= 0.6 is 0 Å². The molecule has 0 heterocycles. The highest BCUT2D eigenvalue weighted by Crippen LogP contribution is 2.25. The van der Waals surface area contributed by atoms with Crippen LogP contribution in [0.4, 0.5) is 0 Å². The van der Waals surface area contributed by atoms with E-state index < -0.39 is 5.54 Å². The topological polar surface area (TPSA) is 35.2 Å². The van der Waals surface area contributed by atoms with Crippen LogP contribution in [0.25, 0.3) is 0 Å². The highest BCUT2D eigenvalue weighted by molar-refractivity contribution is 5.35. The normalized spacial score (nSPS) is 28.2. The first kappa shape index (κ1) is 11.1. The molecule has 2 rings (SSSR count). The minimum Gasteiger partial charge on any atom is -0.382 e. The minimum atomic E-state index is -0.444. The van der Waals surface area contributed by atoms with Gasteiger partial charge in [0.25, 0.3) is 0 Å². The second kappa shape index (κ2) is 4.64. The molecule has 0 amide bonds. The quantitative estimate of drug-likeness (QED) is 0.785. The van der Waals surface area contributed by atoms with Crippen molar-refractivity contribution >= 4 is 0 Å². The lowest BCUT2D eigenvalue weighted by molar-refractivity contribution is 0.170. The number of hydrogen-bond donors (Lipinski definition) is 1. The van der Waals surface area contributed by atoms with Crippen molar-refractivity contribution in [3.05, 3.63) is 60.2 Å². The Bertz CT molecular complexity index is 380. The van der Waals surface area contributed by atoms with Crippen LogP contribution < -0.4 is 5.73 Å². The van der Waals surface area contributed by atoms with Crippen molar-refractivity contribution < 1.29 is 4.74 Å². The molecule has 0 spiro atoms. The Morgan fingerprint density at radius 2 is 1.81 bits per heavy atom. The Balaban J connectivity index is 2.12. The van der Waals surface area contributed by atoms with Crippen LogP contribution in [0.15, 0.2) is 54.6 Å². The van der Waals surface area contributed by atoms with Gasteiger partial charge in [0.1, 0.15) is 0 Å². The van der Waals surface area contributed by atoms with Crippen molar-refractivity contribution in [2.24, 2.45) is 5.73 Å². The van der Waals surface area contributed by atoms with E-state index in [1.54, 1.807) is 7.11 Å². The maximum atomic E-state index is 6.11. The molecule has 2 heteroatoms. The first-order valence-corrected chi connectivity index (χ1v) is 5.45. The second-order valence-electron chi connectivity index (χ2n) is 4.20. The average Bonchev–Trinajstić information content (AvgIpc) is 2.31. The Kier molecular flexibility index (Phi) is 3.22. The highest BCUT2D eigenvalue weighted by Gasteiger charge is 2.22. The number of rotatable bonds is 3. The number of allylic oxidation sites excluding steroid dienone is 2. The summed E-state index contributed by atoms with van der Waals surface area (Å²) in [4.78, 5) is 0. The Hall–Kier alpha value is -1.38. The number of ether oxygens (including phenoxy) is 1. The number of nitrogens with two attached hydrogens (primary N) is 1. The van der Waals surface area contributed by atoms with Gasteiger partial charge < -0.3 is 10.5 Å². The maximum Gasteiger partial charge on any atom is 0.0763 e. The molecule has 0 saturated heterocycles. The lowest BCUT2D eigenvalue weighted by atomic mass is 9.87. The van der Waals surface area contributed by atoms with Gasteiger partial charge in [-0.15, -0.1) is 0 Å². The van der Waals surface area contributed by atoms with Gasteiger partial charge in [0.15, 0.2) is 0 Å². The van der Waals surface area contributed by atoms with E-state index in [4.69, 9.17) is 10.5 Å². The monoisotopic (exact) mass is 215 g/mol. The van der Waals surface area contributed by atoms with Crippen molar-refractivity contribution in [1.29, 1.82) is 0 Å². The molecular weight excluding hydrogens is 198 g/mol. The van der Waals surface area contributed by atoms with Crippen LogP contribution in [0, 0.1) is 0 Å². The molecule has 0 atom stereocenters. The predicted octanol–water partition coefficient (Wildman–Crippen LogP) is 2.24. The van der Waals surface area contributed by atoms with Crippen molar-refractivity contribution in [2.45, 2.75) is 11.5 Å². The molecule has 84 valence electrons. The molecule has 0 aromatic heterocycles. The van der Waals surface area contributed by atoms with Gasteiger partial charge in [0.05, 0.1) is 12.1 Å². The van der Waals surface area contributed by atoms with Crippen LogP contribution in [0.3, 0.4) is 0 Å². The van der Waals surface area contributed by atoms with Gasteiger partial charge in [-0.25, -0.2) is 0 Å². The van der Waals surface area contributed by atoms with E-state index in [0.29, 0.717) is 12.5 Å². The van der Waals surface area contributed by atoms with E-state index in [2.05, 4.69) is 36.4 Å². The fourth-order valence-electron chi connectivity index (χ4n) is 1.93. The molecule has 0 radical (unpaired) electrons. The van der Waals surface area contributed by atoms with Crippen LogP contribution in [-0.2, 0) is 4.74 Å². The zero-order valence-corrected chi connectivity index (χ0v) is 9.47. The zero-order valence-electron chi connectivity index (χ0n) is 9.47. The third-order valence-corrected chi connectivity index (χ3v) is 2.81. The van der Waals surface area contributed by atoms with Gasteiger partial charge in [-0.2, -0.15) is 0 Å². The SMILES string of the molecule is COCC1(N)C=CC(c2ccccc2)C=C1. The third kappa shape index (κ3) is 2.40. The Labute approximate surface area is 96.4 Å². The Morgan fingerprint density at radius 1 is 1.19 bits per heavy atom. The van der Waals surface area contributed by atoms with Crippen molar-refractivity contribution in [1.82, 2.24) is 0 Å². The van der Waals surface area contributed by atoms with Gasteiger partial charge in [-0.1, -0.05) is 54.6 Å².